The van der Waals surface area contributed by atoms with Gasteiger partial charge in [0.15, 0.2) is 0 Å². The number of aliphatic carboxylic acids is 1. The summed E-state index contributed by atoms with van der Waals surface area (Å²) in [6, 6.07) is 0.415. The Labute approximate surface area is 115 Å². The van der Waals surface area contributed by atoms with Crippen molar-refractivity contribution in [2.45, 2.75) is 19.0 Å². The molecule has 0 aliphatic carbocycles. The number of rotatable bonds is 7. The van der Waals surface area contributed by atoms with Gasteiger partial charge in [-0.1, -0.05) is 0 Å². The molecular formula is C11H18N4O3S. The van der Waals surface area contributed by atoms with Gasteiger partial charge in [-0.3, -0.25) is 4.68 Å². The van der Waals surface area contributed by atoms with Crippen molar-refractivity contribution < 1.29 is 14.7 Å². The number of carboxylic acids is 1. The van der Waals surface area contributed by atoms with E-state index in [-0.39, 0.29) is 6.54 Å². The van der Waals surface area contributed by atoms with Gasteiger partial charge in [0.1, 0.15) is 6.04 Å². The lowest BCUT2D eigenvalue weighted by atomic mass is 10.2. The van der Waals surface area contributed by atoms with Crippen LogP contribution in [0.3, 0.4) is 0 Å². The number of thioether (sulfide) groups is 1. The average molecular weight is 286 g/mol. The predicted octanol–water partition coefficient (Wildman–Crippen LogP) is 0.426. The molecule has 0 aromatic carbocycles. The first-order chi connectivity index (χ1) is 9.02. The SMILES string of the molecule is CSCC[C@H](NC(=O)NCc1ccn(C)n1)C(=O)O. The second-order valence-corrected chi connectivity index (χ2v) is 4.97. The molecule has 8 heteroatoms. The minimum Gasteiger partial charge on any atom is -0.480 e. The molecule has 0 saturated carbocycles. The summed E-state index contributed by atoms with van der Waals surface area (Å²) in [5.41, 5.74) is 0.716. The number of carbonyl (C=O) groups excluding carboxylic acids is 1. The van der Waals surface area contributed by atoms with Crippen molar-refractivity contribution >= 4 is 23.8 Å². The maximum Gasteiger partial charge on any atom is 0.326 e. The van der Waals surface area contributed by atoms with E-state index in [0.29, 0.717) is 17.9 Å². The van der Waals surface area contributed by atoms with Crippen LogP contribution in [0.2, 0.25) is 0 Å². The number of hydrogen-bond donors (Lipinski definition) is 3. The van der Waals surface area contributed by atoms with Gasteiger partial charge in [0, 0.05) is 13.2 Å². The van der Waals surface area contributed by atoms with Gasteiger partial charge in [-0.2, -0.15) is 16.9 Å². The standard InChI is InChI=1S/C11H18N4O3S/c1-15-5-3-8(14-15)7-12-11(18)13-9(10(16)17)4-6-19-2/h3,5,9H,4,6-7H2,1-2H3,(H,16,17)(H2,12,13,18)/t9-/m0/s1. The second kappa shape index (κ2) is 7.67. The molecule has 0 saturated heterocycles. The van der Waals surface area contributed by atoms with E-state index in [1.54, 1.807) is 24.0 Å². The minimum atomic E-state index is -1.03. The van der Waals surface area contributed by atoms with Crippen LogP contribution in [0.25, 0.3) is 0 Å². The Kier molecular flexibility index (Phi) is 6.20. The first-order valence-electron chi connectivity index (χ1n) is 5.77. The monoisotopic (exact) mass is 286 g/mol. The quantitative estimate of drug-likeness (QED) is 0.675. The van der Waals surface area contributed by atoms with Crippen molar-refractivity contribution in [1.29, 1.82) is 0 Å². The Balaban J connectivity index is 2.37. The molecule has 1 aromatic rings. The molecule has 0 radical (unpaired) electrons. The van der Waals surface area contributed by atoms with Crippen molar-refractivity contribution in [3.05, 3.63) is 18.0 Å². The van der Waals surface area contributed by atoms with Crippen molar-refractivity contribution in [1.82, 2.24) is 20.4 Å². The molecule has 1 aromatic heterocycles. The highest BCUT2D eigenvalue weighted by Gasteiger charge is 2.19. The number of amides is 2. The highest BCUT2D eigenvalue weighted by atomic mass is 32.2. The number of nitrogens with zero attached hydrogens (tertiary/aromatic N) is 2. The lowest BCUT2D eigenvalue weighted by molar-refractivity contribution is -0.139. The summed E-state index contributed by atoms with van der Waals surface area (Å²) >= 11 is 1.54. The number of hydrogen-bond acceptors (Lipinski definition) is 4. The van der Waals surface area contributed by atoms with E-state index in [1.807, 2.05) is 6.26 Å². The summed E-state index contributed by atoms with van der Waals surface area (Å²) in [6.07, 6.45) is 4.06. The fourth-order valence-electron chi connectivity index (χ4n) is 1.43. The van der Waals surface area contributed by atoms with Gasteiger partial charge in [0.2, 0.25) is 0 Å². The number of carbonyl (C=O) groups is 2. The number of nitrogens with one attached hydrogen (secondary N) is 2. The van der Waals surface area contributed by atoms with Crippen LogP contribution in [0.4, 0.5) is 4.79 Å². The molecule has 1 atom stereocenters. The topological polar surface area (TPSA) is 96.3 Å². The van der Waals surface area contributed by atoms with Gasteiger partial charge < -0.3 is 15.7 Å². The molecule has 1 heterocycles. The zero-order chi connectivity index (χ0) is 14.3. The maximum absolute atomic E-state index is 11.6. The van der Waals surface area contributed by atoms with E-state index in [9.17, 15) is 9.59 Å². The van der Waals surface area contributed by atoms with E-state index >= 15 is 0 Å². The molecule has 106 valence electrons. The summed E-state index contributed by atoms with van der Waals surface area (Å²) in [7, 11) is 1.78. The molecule has 2 amide bonds. The third-order valence-corrected chi connectivity index (χ3v) is 3.06. The van der Waals surface area contributed by atoms with Crippen LogP contribution in [0.1, 0.15) is 12.1 Å². The van der Waals surface area contributed by atoms with Crippen LogP contribution >= 0.6 is 11.8 Å². The Morgan fingerprint density at radius 3 is 2.84 bits per heavy atom. The molecule has 0 unspecified atom stereocenters. The largest absolute Gasteiger partial charge is 0.480 e. The maximum atomic E-state index is 11.6. The molecule has 0 aliphatic heterocycles. The van der Waals surface area contributed by atoms with Crippen molar-refractivity contribution in [2.24, 2.45) is 7.05 Å². The van der Waals surface area contributed by atoms with Gasteiger partial charge in [0.05, 0.1) is 12.2 Å². The Bertz CT molecular complexity index is 435. The lowest BCUT2D eigenvalue weighted by Gasteiger charge is -2.14. The zero-order valence-corrected chi connectivity index (χ0v) is 11.7. The van der Waals surface area contributed by atoms with E-state index in [0.717, 1.165) is 0 Å². The zero-order valence-electron chi connectivity index (χ0n) is 10.9. The van der Waals surface area contributed by atoms with E-state index in [2.05, 4.69) is 15.7 Å². The molecular weight excluding hydrogens is 268 g/mol. The summed E-state index contributed by atoms with van der Waals surface area (Å²) in [4.78, 5) is 22.5. The van der Waals surface area contributed by atoms with Crippen LogP contribution in [-0.2, 0) is 18.4 Å². The smallest absolute Gasteiger partial charge is 0.326 e. The molecule has 0 fully saturated rings. The van der Waals surface area contributed by atoms with Crippen molar-refractivity contribution in [3.63, 3.8) is 0 Å². The van der Waals surface area contributed by atoms with Gasteiger partial charge in [-0.05, 0) is 24.5 Å². The Hall–Kier alpha value is -1.70. The van der Waals surface area contributed by atoms with Gasteiger partial charge >= 0.3 is 12.0 Å². The summed E-state index contributed by atoms with van der Waals surface area (Å²) in [5, 5.41) is 18.1. The predicted molar refractivity (Wildman–Crippen MR) is 73.0 cm³/mol. The fraction of sp³-hybridized carbons (Fsp3) is 0.545. The molecule has 0 spiro atoms. The van der Waals surface area contributed by atoms with Crippen LogP contribution in [0.5, 0.6) is 0 Å². The third-order valence-electron chi connectivity index (χ3n) is 2.41. The highest BCUT2D eigenvalue weighted by molar-refractivity contribution is 7.98. The van der Waals surface area contributed by atoms with Gasteiger partial charge in [-0.15, -0.1) is 0 Å². The molecule has 19 heavy (non-hydrogen) atoms. The highest BCUT2D eigenvalue weighted by Crippen LogP contribution is 2.01. The van der Waals surface area contributed by atoms with Crippen LogP contribution in [0.15, 0.2) is 12.3 Å². The van der Waals surface area contributed by atoms with Gasteiger partial charge in [-0.25, -0.2) is 9.59 Å². The Morgan fingerprint density at radius 1 is 1.58 bits per heavy atom. The lowest BCUT2D eigenvalue weighted by Crippen LogP contribution is -2.46. The van der Waals surface area contributed by atoms with Crippen LogP contribution in [0, 0.1) is 0 Å². The number of carboxylic acid groups (broad SMARTS) is 1. The normalized spacial score (nSPS) is 11.9. The fourth-order valence-corrected chi connectivity index (χ4v) is 1.90. The number of aryl methyl sites for hydroxylation is 1. The summed E-state index contributed by atoms with van der Waals surface area (Å²) < 4.78 is 1.63. The Morgan fingerprint density at radius 2 is 2.32 bits per heavy atom. The molecule has 3 N–H and O–H groups in total. The average Bonchev–Trinajstić information content (AvgIpc) is 2.77. The summed E-state index contributed by atoms with van der Waals surface area (Å²) in [6.45, 7) is 0.265. The molecule has 7 nitrogen and oxygen atoms in total. The molecule has 0 bridgehead atoms. The van der Waals surface area contributed by atoms with E-state index in [1.165, 1.54) is 11.8 Å². The first kappa shape index (κ1) is 15.4. The van der Waals surface area contributed by atoms with E-state index in [4.69, 9.17) is 5.11 Å². The minimum absolute atomic E-state index is 0.265. The third kappa shape index (κ3) is 5.64. The van der Waals surface area contributed by atoms with Crippen LogP contribution < -0.4 is 10.6 Å². The van der Waals surface area contributed by atoms with Gasteiger partial charge in [0.25, 0.3) is 0 Å². The number of aromatic nitrogens is 2. The van der Waals surface area contributed by atoms with E-state index < -0.39 is 18.0 Å². The second-order valence-electron chi connectivity index (χ2n) is 3.98. The number of urea groups is 1. The summed E-state index contributed by atoms with van der Waals surface area (Å²) in [5.74, 6) is -0.348. The van der Waals surface area contributed by atoms with Crippen LogP contribution in [-0.4, -0.2) is 44.9 Å². The molecule has 1 rings (SSSR count). The van der Waals surface area contributed by atoms with Crippen molar-refractivity contribution in [2.75, 3.05) is 12.0 Å². The van der Waals surface area contributed by atoms with Crippen molar-refractivity contribution in [3.8, 4) is 0 Å². The first-order valence-corrected chi connectivity index (χ1v) is 7.17. The molecule has 0 aliphatic rings.